The summed E-state index contributed by atoms with van der Waals surface area (Å²) in [6.07, 6.45) is 2.12. The van der Waals surface area contributed by atoms with E-state index < -0.39 is 11.9 Å². The fourth-order valence-corrected chi connectivity index (χ4v) is 3.23. The Labute approximate surface area is 123 Å². The summed E-state index contributed by atoms with van der Waals surface area (Å²) >= 11 is 0. The smallest absolute Gasteiger partial charge is 0.308 e. The van der Waals surface area contributed by atoms with Crippen molar-refractivity contribution in [2.45, 2.75) is 31.8 Å². The first-order chi connectivity index (χ1) is 10.1. The molecular weight excluding hydrogens is 268 g/mol. The highest BCUT2D eigenvalue weighted by Gasteiger charge is 2.33. The van der Waals surface area contributed by atoms with Crippen LogP contribution in [0.3, 0.4) is 0 Å². The Morgan fingerprint density at radius 1 is 1.24 bits per heavy atom. The van der Waals surface area contributed by atoms with Crippen LogP contribution < -0.4 is 5.32 Å². The molecule has 0 radical (unpaired) electrons. The zero-order valence-corrected chi connectivity index (χ0v) is 11.9. The fourth-order valence-electron chi connectivity index (χ4n) is 3.23. The van der Waals surface area contributed by atoms with E-state index in [4.69, 9.17) is 5.11 Å². The molecule has 1 fully saturated rings. The molecule has 2 atom stereocenters. The Morgan fingerprint density at radius 2 is 2.00 bits per heavy atom. The van der Waals surface area contributed by atoms with E-state index >= 15 is 0 Å². The number of benzene rings is 1. The summed E-state index contributed by atoms with van der Waals surface area (Å²) in [5, 5.41) is 12.4. The van der Waals surface area contributed by atoms with Gasteiger partial charge in [-0.1, -0.05) is 24.3 Å². The lowest BCUT2D eigenvalue weighted by Gasteiger charge is -2.35. The van der Waals surface area contributed by atoms with Crippen LogP contribution >= 0.6 is 0 Å². The second-order valence-electron chi connectivity index (χ2n) is 5.87. The molecule has 1 saturated heterocycles. The molecule has 1 aromatic rings. The van der Waals surface area contributed by atoms with E-state index in [1.54, 1.807) is 4.90 Å². The number of hydrogen-bond donors (Lipinski definition) is 2. The number of amides is 1. The predicted molar refractivity (Wildman–Crippen MR) is 77.7 cm³/mol. The molecule has 1 aromatic carbocycles. The van der Waals surface area contributed by atoms with Crippen molar-refractivity contribution < 1.29 is 14.7 Å². The minimum Gasteiger partial charge on any atom is -0.481 e. The highest BCUT2D eigenvalue weighted by molar-refractivity contribution is 5.83. The first kappa shape index (κ1) is 14.1. The molecule has 0 spiro atoms. The summed E-state index contributed by atoms with van der Waals surface area (Å²) in [5.41, 5.74) is 2.45. The first-order valence-corrected chi connectivity index (χ1v) is 7.47. The Balaban J connectivity index is 1.67. The average Bonchev–Trinajstić information content (AvgIpc) is 2.53. The van der Waals surface area contributed by atoms with E-state index in [1.807, 2.05) is 12.1 Å². The molecule has 2 heterocycles. The largest absolute Gasteiger partial charge is 0.481 e. The molecule has 5 nitrogen and oxygen atoms in total. The van der Waals surface area contributed by atoms with E-state index in [9.17, 15) is 9.59 Å². The number of carboxylic acids is 1. The summed E-state index contributed by atoms with van der Waals surface area (Å²) in [5.74, 6) is -1.18. The van der Waals surface area contributed by atoms with E-state index in [0.717, 1.165) is 6.42 Å². The van der Waals surface area contributed by atoms with E-state index in [-0.39, 0.29) is 11.9 Å². The van der Waals surface area contributed by atoms with Gasteiger partial charge in [0.05, 0.1) is 12.0 Å². The van der Waals surface area contributed by atoms with Gasteiger partial charge in [-0.25, -0.2) is 0 Å². The van der Waals surface area contributed by atoms with Crippen molar-refractivity contribution in [2.75, 3.05) is 13.1 Å². The highest BCUT2D eigenvalue weighted by atomic mass is 16.4. The second kappa shape index (κ2) is 5.85. The molecule has 2 N–H and O–H groups in total. The minimum atomic E-state index is -0.797. The van der Waals surface area contributed by atoms with Crippen molar-refractivity contribution in [1.82, 2.24) is 10.2 Å². The normalized spacial score (nSPS) is 25.2. The van der Waals surface area contributed by atoms with Crippen LogP contribution in [0.4, 0.5) is 0 Å². The van der Waals surface area contributed by atoms with Crippen LogP contribution in [0, 0.1) is 5.92 Å². The standard InChI is InChI=1S/C16H20N2O3/c19-15(18-7-3-6-13(10-18)16(20)21)14-8-11-4-1-2-5-12(11)9-17-14/h1-2,4-5,13-14,17H,3,6-10H2,(H,20,21)/t13-,14+/m0/s1. The van der Waals surface area contributed by atoms with Gasteiger partial charge in [-0.2, -0.15) is 0 Å². The minimum absolute atomic E-state index is 0.0375. The number of fused-ring (bicyclic) bond motifs is 1. The fraction of sp³-hybridized carbons (Fsp3) is 0.500. The molecule has 5 heteroatoms. The summed E-state index contributed by atoms with van der Waals surface area (Å²) in [6.45, 7) is 1.71. The number of nitrogens with zero attached hydrogens (tertiary/aromatic N) is 1. The van der Waals surface area contributed by atoms with Gasteiger partial charge in [0, 0.05) is 19.6 Å². The molecule has 21 heavy (non-hydrogen) atoms. The van der Waals surface area contributed by atoms with Gasteiger partial charge >= 0.3 is 5.97 Å². The van der Waals surface area contributed by atoms with E-state index in [0.29, 0.717) is 32.5 Å². The first-order valence-electron chi connectivity index (χ1n) is 7.47. The number of carbonyl (C=O) groups is 2. The van der Waals surface area contributed by atoms with Crippen LogP contribution in [0.15, 0.2) is 24.3 Å². The summed E-state index contributed by atoms with van der Waals surface area (Å²) in [4.78, 5) is 25.4. The van der Waals surface area contributed by atoms with Crippen molar-refractivity contribution in [2.24, 2.45) is 5.92 Å². The quantitative estimate of drug-likeness (QED) is 0.852. The van der Waals surface area contributed by atoms with Gasteiger partial charge in [-0.05, 0) is 30.4 Å². The monoisotopic (exact) mass is 288 g/mol. The van der Waals surface area contributed by atoms with Crippen LogP contribution in [0.1, 0.15) is 24.0 Å². The number of carboxylic acid groups (broad SMARTS) is 1. The summed E-state index contributed by atoms with van der Waals surface area (Å²) in [7, 11) is 0. The van der Waals surface area contributed by atoms with Gasteiger partial charge in [0.25, 0.3) is 0 Å². The lowest BCUT2D eigenvalue weighted by molar-refractivity contribution is -0.146. The molecule has 3 rings (SSSR count). The third kappa shape index (κ3) is 2.93. The molecule has 0 saturated carbocycles. The van der Waals surface area contributed by atoms with Crippen molar-refractivity contribution in [3.8, 4) is 0 Å². The summed E-state index contributed by atoms with van der Waals surface area (Å²) in [6, 6.07) is 7.90. The van der Waals surface area contributed by atoms with Crippen LogP contribution in [0.25, 0.3) is 0 Å². The van der Waals surface area contributed by atoms with Gasteiger partial charge in [0.1, 0.15) is 0 Å². The Hall–Kier alpha value is -1.88. The lowest BCUT2D eigenvalue weighted by atomic mass is 9.93. The molecule has 2 aliphatic heterocycles. The SMILES string of the molecule is O=C(O)[C@H]1CCCN(C(=O)[C@H]2Cc3ccccc3CN2)C1. The number of carbonyl (C=O) groups excluding carboxylic acids is 1. The van der Waals surface area contributed by atoms with E-state index in [2.05, 4.69) is 17.4 Å². The maximum atomic E-state index is 12.6. The third-order valence-electron chi connectivity index (χ3n) is 4.46. The molecule has 112 valence electrons. The Kier molecular flexibility index (Phi) is 3.92. The number of rotatable bonds is 2. The Bertz CT molecular complexity index is 558. The molecule has 0 unspecified atom stereocenters. The topological polar surface area (TPSA) is 69.6 Å². The zero-order chi connectivity index (χ0) is 14.8. The molecular formula is C16H20N2O3. The number of nitrogens with one attached hydrogen (secondary N) is 1. The van der Waals surface area contributed by atoms with Gasteiger partial charge < -0.3 is 15.3 Å². The average molecular weight is 288 g/mol. The molecule has 0 aliphatic carbocycles. The van der Waals surface area contributed by atoms with Gasteiger partial charge in [0.15, 0.2) is 0 Å². The van der Waals surface area contributed by atoms with Crippen LogP contribution in [-0.4, -0.2) is 41.0 Å². The molecule has 1 amide bonds. The van der Waals surface area contributed by atoms with E-state index in [1.165, 1.54) is 11.1 Å². The van der Waals surface area contributed by atoms with Crippen molar-refractivity contribution in [3.63, 3.8) is 0 Å². The highest BCUT2D eigenvalue weighted by Crippen LogP contribution is 2.21. The second-order valence-corrected chi connectivity index (χ2v) is 5.87. The summed E-state index contributed by atoms with van der Waals surface area (Å²) < 4.78 is 0. The Morgan fingerprint density at radius 3 is 2.76 bits per heavy atom. The van der Waals surface area contributed by atoms with Crippen molar-refractivity contribution >= 4 is 11.9 Å². The maximum Gasteiger partial charge on any atom is 0.308 e. The van der Waals surface area contributed by atoms with Crippen LogP contribution in [0.2, 0.25) is 0 Å². The maximum absolute atomic E-state index is 12.6. The number of hydrogen-bond acceptors (Lipinski definition) is 3. The van der Waals surface area contributed by atoms with Crippen molar-refractivity contribution in [1.29, 1.82) is 0 Å². The number of piperidine rings is 1. The number of likely N-dealkylation sites (tertiary alicyclic amines) is 1. The van der Waals surface area contributed by atoms with Crippen molar-refractivity contribution in [3.05, 3.63) is 35.4 Å². The van der Waals surface area contributed by atoms with Gasteiger partial charge in [-0.15, -0.1) is 0 Å². The zero-order valence-electron chi connectivity index (χ0n) is 11.9. The van der Waals surface area contributed by atoms with Crippen LogP contribution in [-0.2, 0) is 22.6 Å². The lowest BCUT2D eigenvalue weighted by Crippen LogP contribution is -2.52. The van der Waals surface area contributed by atoms with Gasteiger partial charge in [0.2, 0.25) is 5.91 Å². The molecule has 0 bridgehead atoms. The third-order valence-corrected chi connectivity index (χ3v) is 4.46. The van der Waals surface area contributed by atoms with Gasteiger partial charge in [-0.3, -0.25) is 9.59 Å². The number of aliphatic carboxylic acids is 1. The predicted octanol–water partition coefficient (Wildman–Crippen LogP) is 1.02. The van der Waals surface area contributed by atoms with Crippen LogP contribution in [0.5, 0.6) is 0 Å². The molecule has 0 aromatic heterocycles. The molecule has 2 aliphatic rings.